The molecule has 0 aromatic rings. The molecule has 0 N–H and O–H groups in total. The van der Waals surface area contributed by atoms with Gasteiger partial charge in [0.1, 0.15) is 6.04 Å². The van der Waals surface area contributed by atoms with Gasteiger partial charge in [0.15, 0.2) is 0 Å². The van der Waals surface area contributed by atoms with Crippen LogP contribution in [-0.2, 0) is 0 Å². The molecule has 0 saturated carbocycles. The van der Waals surface area contributed by atoms with Crippen LogP contribution in [0.1, 0.15) is 20.8 Å². The van der Waals surface area contributed by atoms with E-state index in [1.807, 2.05) is 0 Å². The van der Waals surface area contributed by atoms with Crippen LogP contribution in [0.5, 0.6) is 0 Å². The van der Waals surface area contributed by atoms with Crippen LogP contribution in [0.15, 0.2) is 12.2 Å². The average molecular weight is 140 g/mol. The van der Waals surface area contributed by atoms with Crippen LogP contribution >= 0.6 is 0 Å². The van der Waals surface area contributed by atoms with Crippen molar-refractivity contribution < 1.29 is 4.48 Å². The molecule has 0 aliphatic carbocycles. The summed E-state index contributed by atoms with van der Waals surface area (Å²) in [5.41, 5.74) is 0. The zero-order valence-corrected chi connectivity index (χ0v) is 7.30. The molecule has 1 heteroatoms. The molecule has 1 nitrogen and oxygen atoms in total. The molecular formula is C9H18N+. The first-order chi connectivity index (χ1) is 4.75. The fourth-order valence-corrected chi connectivity index (χ4v) is 1.87. The van der Waals surface area contributed by atoms with E-state index in [-0.39, 0.29) is 0 Å². The summed E-state index contributed by atoms with van der Waals surface area (Å²) >= 11 is 0. The molecule has 1 aliphatic rings. The Morgan fingerprint density at radius 3 is 2.20 bits per heavy atom. The quantitative estimate of drug-likeness (QED) is 0.405. The highest BCUT2D eigenvalue weighted by Gasteiger charge is 2.30. The Kier molecular flexibility index (Phi) is 2.14. The van der Waals surface area contributed by atoms with Crippen LogP contribution in [0.4, 0.5) is 0 Å². The molecule has 0 radical (unpaired) electrons. The number of rotatable bonds is 2. The van der Waals surface area contributed by atoms with Gasteiger partial charge in [-0.25, -0.2) is 0 Å². The highest BCUT2D eigenvalue weighted by Crippen LogP contribution is 2.19. The molecule has 1 atom stereocenters. The summed E-state index contributed by atoms with van der Waals surface area (Å²) in [7, 11) is 0. The normalized spacial score (nSPS) is 29.3. The van der Waals surface area contributed by atoms with E-state index in [2.05, 4.69) is 32.9 Å². The Labute approximate surface area is 63.9 Å². The molecule has 1 rings (SSSR count). The lowest BCUT2D eigenvalue weighted by Crippen LogP contribution is -2.50. The van der Waals surface area contributed by atoms with Gasteiger partial charge in [0.05, 0.1) is 19.6 Å². The zero-order valence-electron chi connectivity index (χ0n) is 7.30. The van der Waals surface area contributed by atoms with Crippen molar-refractivity contribution in [1.82, 2.24) is 0 Å². The molecule has 0 aromatic carbocycles. The molecule has 0 bridgehead atoms. The molecule has 1 heterocycles. The second kappa shape index (κ2) is 2.75. The standard InChI is InChI=1S/C9H18N/c1-4-10(5-2)8-6-7-9(10)3/h6-7,9H,4-5,8H2,1-3H3/q+1. The minimum Gasteiger partial charge on any atom is -0.315 e. The van der Waals surface area contributed by atoms with Gasteiger partial charge in [0, 0.05) is 0 Å². The van der Waals surface area contributed by atoms with Crippen molar-refractivity contribution in [3.8, 4) is 0 Å². The predicted octanol–water partition coefficient (Wildman–Crippen LogP) is 1.80. The first-order valence-electron chi connectivity index (χ1n) is 4.27. The monoisotopic (exact) mass is 140 g/mol. The second-order valence-electron chi connectivity index (χ2n) is 3.20. The van der Waals surface area contributed by atoms with Crippen molar-refractivity contribution in [2.45, 2.75) is 26.8 Å². The van der Waals surface area contributed by atoms with E-state index in [1.165, 1.54) is 24.1 Å². The summed E-state index contributed by atoms with van der Waals surface area (Å²) in [4.78, 5) is 0. The fraction of sp³-hybridized carbons (Fsp3) is 0.778. The van der Waals surface area contributed by atoms with Crippen LogP contribution in [0.2, 0.25) is 0 Å². The molecule has 0 amide bonds. The van der Waals surface area contributed by atoms with Gasteiger partial charge in [-0.05, 0) is 32.9 Å². The summed E-state index contributed by atoms with van der Waals surface area (Å²) in [6.07, 6.45) is 4.66. The highest BCUT2D eigenvalue weighted by atomic mass is 15.4. The minimum atomic E-state index is 0.745. The number of quaternary nitrogens is 1. The predicted molar refractivity (Wildman–Crippen MR) is 44.8 cm³/mol. The number of likely N-dealkylation sites (N-methyl/N-ethyl adjacent to an activating group) is 1. The van der Waals surface area contributed by atoms with Gasteiger partial charge in [0.25, 0.3) is 0 Å². The Morgan fingerprint density at radius 1 is 1.40 bits per heavy atom. The van der Waals surface area contributed by atoms with Crippen LogP contribution in [0.3, 0.4) is 0 Å². The Bertz CT molecular complexity index is 134. The van der Waals surface area contributed by atoms with Crippen molar-refractivity contribution >= 4 is 0 Å². The summed E-state index contributed by atoms with van der Waals surface area (Å²) < 4.78 is 1.26. The molecule has 0 spiro atoms. The Hall–Kier alpha value is -0.300. The van der Waals surface area contributed by atoms with Crippen LogP contribution in [0.25, 0.3) is 0 Å². The van der Waals surface area contributed by atoms with Crippen LogP contribution in [-0.4, -0.2) is 30.2 Å². The van der Waals surface area contributed by atoms with Gasteiger partial charge in [-0.3, -0.25) is 0 Å². The minimum absolute atomic E-state index is 0.745. The zero-order chi connectivity index (χ0) is 7.61. The second-order valence-corrected chi connectivity index (χ2v) is 3.20. The third-order valence-corrected chi connectivity index (χ3v) is 3.01. The van der Waals surface area contributed by atoms with Gasteiger partial charge in [0.2, 0.25) is 0 Å². The molecule has 1 unspecified atom stereocenters. The summed E-state index contributed by atoms with van der Waals surface area (Å²) in [5.74, 6) is 0. The molecular weight excluding hydrogens is 122 g/mol. The maximum atomic E-state index is 2.34. The van der Waals surface area contributed by atoms with E-state index in [9.17, 15) is 0 Å². The van der Waals surface area contributed by atoms with Gasteiger partial charge in [-0.2, -0.15) is 0 Å². The van der Waals surface area contributed by atoms with Crippen molar-refractivity contribution in [1.29, 1.82) is 0 Å². The van der Waals surface area contributed by atoms with E-state index < -0.39 is 0 Å². The lowest BCUT2D eigenvalue weighted by atomic mass is 10.2. The van der Waals surface area contributed by atoms with E-state index >= 15 is 0 Å². The van der Waals surface area contributed by atoms with Gasteiger partial charge in [-0.15, -0.1) is 0 Å². The maximum absolute atomic E-state index is 2.34. The van der Waals surface area contributed by atoms with E-state index in [0.717, 1.165) is 6.04 Å². The third-order valence-electron chi connectivity index (χ3n) is 3.01. The Balaban J connectivity index is 2.66. The van der Waals surface area contributed by atoms with E-state index in [1.54, 1.807) is 0 Å². The fourth-order valence-electron chi connectivity index (χ4n) is 1.87. The van der Waals surface area contributed by atoms with Gasteiger partial charge >= 0.3 is 0 Å². The number of hydrogen-bond acceptors (Lipinski definition) is 0. The number of nitrogens with zero attached hydrogens (tertiary/aromatic N) is 1. The van der Waals surface area contributed by atoms with Crippen molar-refractivity contribution in [3.63, 3.8) is 0 Å². The summed E-state index contributed by atoms with van der Waals surface area (Å²) in [5, 5.41) is 0. The largest absolute Gasteiger partial charge is 0.315 e. The summed E-state index contributed by atoms with van der Waals surface area (Å²) in [6, 6.07) is 0.745. The lowest BCUT2D eigenvalue weighted by molar-refractivity contribution is -0.930. The molecule has 10 heavy (non-hydrogen) atoms. The molecule has 0 aromatic heterocycles. The smallest absolute Gasteiger partial charge is 0.105 e. The lowest BCUT2D eigenvalue weighted by Gasteiger charge is -2.36. The molecule has 0 fully saturated rings. The number of hydrogen-bond donors (Lipinski definition) is 0. The van der Waals surface area contributed by atoms with Crippen molar-refractivity contribution in [2.24, 2.45) is 0 Å². The van der Waals surface area contributed by atoms with Crippen LogP contribution in [0, 0.1) is 0 Å². The van der Waals surface area contributed by atoms with E-state index in [4.69, 9.17) is 0 Å². The van der Waals surface area contributed by atoms with Crippen molar-refractivity contribution in [3.05, 3.63) is 12.2 Å². The van der Waals surface area contributed by atoms with Gasteiger partial charge < -0.3 is 4.48 Å². The first-order valence-corrected chi connectivity index (χ1v) is 4.27. The maximum Gasteiger partial charge on any atom is 0.105 e. The Morgan fingerprint density at radius 2 is 2.00 bits per heavy atom. The highest BCUT2D eigenvalue weighted by molar-refractivity contribution is 4.94. The first kappa shape index (κ1) is 7.80. The van der Waals surface area contributed by atoms with Crippen molar-refractivity contribution in [2.75, 3.05) is 19.6 Å². The van der Waals surface area contributed by atoms with Gasteiger partial charge in [-0.1, -0.05) is 0 Å². The molecule has 58 valence electrons. The molecule has 1 aliphatic heterocycles. The van der Waals surface area contributed by atoms with Crippen LogP contribution < -0.4 is 0 Å². The summed E-state index contributed by atoms with van der Waals surface area (Å²) in [6.45, 7) is 10.7. The third kappa shape index (κ3) is 0.988. The topological polar surface area (TPSA) is 0 Å². The average Bonchev–Trinajstić information content (AvgIpc) is 2.32. The SMILES string of the molecule is CC[N+]1(CC)CC=CC1C. The molecule has 0 saturated heterocycles. The van der Waals surface area contributed by atoms with E-state index in [0.29, 0.717) is 0 Å².